The highest BCUT2D eigenvalue weighted by Gasteiger charge is 2.15. The number of hydrogen-bond donors (Lipinski definition) is 1. The summed E-state index contributed by atoms with van der Waals surface area (Å²) in [6.45, 7) is 4.56. The van der Waals surface area contributed by atoms with Crippen molar-refractivity contribution >= 4 is 5.91 Å². The van der Waals surface area contributed by atoms with Crippen LogP contribution in [0, 0.1) is 6.92 Å². The average Bonchev–Trinajstić information content (AvgIpc) is 3.17. The minimum atomic E-state index is -0.0963. The van der Waals surface area contributed by atoms with E-state index < -0.39 is 0 Å². The quantitative estimate of drug-likeness (QED) is 0.784. The molecule has 0 spiro atoms. The molecule has 0 bridgehead atoms. The lowest BCUT2D eigenvalue weighted by molar-refractivity contribution is 0.0939. The molecule has 6 nitrogen and oxygen atoms in total. The summed E-state index contributed by atoms with van der Waals surface area (Å²) < 4.78 is 3.59. The third-order valence-electron chi connectivity index (χ3n) is 3.96. The van der Waals surface area contributed by atoms with E-state index in [0.717, 1.165) is 16.8 Å². The van der Waals surface area contributed by atoms with Crippen LogP contribution in [-0.2, 0) is 13.6 Å². The number of aryl methyl sites for hydroxylation is 2. The minimum absolute atomic E-state index is 0.0898. The molecule has 1 aromatic carbocycles. The summed E-state index contributed by atoms with van der Waals surface area (Å²) in [4.78, 5) is 12.5. The van der Waals surface area contributed by atoms with Crippen molar-refractivity contribution in [1.29, 1.82) is 0 Å². The second-order valence-electron chi connectivity index (χ2n) is 5.94. The molecular weight excluding hydrogens is 302 g/mol. The van der Waals surface area contributed by atoms with Gasteiger partial charge in [0, 0.05) is 36.8 Å². The highest BCUT2D eigenvalue weighted by Crippen LogP contribution is 2.16. The van der Waals surface area contributed by atoms with Gasteiger partial charge >= 0.3 is 0 Å². The van der Waals surface area contributed by atoms with E-state index >= 15 is 0 Å². The Morgan fingerprint density at radius 2 is 2.17 bits per heavy atom. The molecule has 3 rings (SSSR count). The van der Waals surface area contributed by atoms with E-state index in [9.17, 15) is 4.79 Å². The van der Waals surface area contributed by atoms with Crippen molar-refractivity contribution in [2.75, 3.05) is 0 Å². The molecule has 1 amide bonds. The van der Waals surface area contributed by atoms with Crippen LogP contribution in [0.3, 0.4) is 0 Å². The first kappa shape index (κ1) is 16.0. The highest BCUT2D eigenvalue weighted by atomic mass is 16.1. The highest BCUT2D eigenvalue weighted by molar-refractivity contribution is 5.94. The molecule has 0 saturated heterocycles. The number of nitrogens with one attached hydrogen (secondary N) is 1. The Bertz CT molecular complexity index is 835. The van der Waals surface area contributed by atoms with Crippen LogP contribution in [0.25, 0.3) is 0 Å². The summed E-state index contributed by atoms with van der Waals surface area (Å²) in [5.74, 6) is -0.0898. The van der Waals surface area contributed by atoms with Gasteiger partial charge in [-0.25, -0.2) is 0 Å². The van der Waals surface area contributed by atoms with Crippen molar-refractivity contribution in [3.63, 3.8) is 0 Å². The molecule has 24 heavy (non-hydrogen) atoms. The molecule has 3 aromatic rings. The third kappa shape index (κ3) is 3.53. The Labute approximate surface area is 141 Å². The van der Waals surface area contributed by atoms with Gasteiger partial charge in [-0.2, -0.15) is 10.2 Å². The molecule has 1 N–H and O–H groups in total. The molecule has 1 unspecified atom stereocenters. The summed E-state index contributed by atoms with van der Waals surface area (Å²) in [5.41, 5.74) is 3.64. The second kappa shape index (κ2) is 6.70. The van der Waals surface area contributed by atoms with Crippen LogP contribution in [0.15, 0.2) is 48.9 Å². The van der Waals surface area contributed by atoms with Gasteiger partial charge in [-0.1, -0.05) is 12.1 Å². The van der Waals surface area contributed by atoms with E-state index in [-0.39, 0.29) is 11.9 Å². The van der Waals surface area contributed by atoms with Crippen LogP contribution < -0.4 is 5.32 Å². The fourth-order valence-electron chi connectivity index (χ4n) is 2.79. The fraction of sp³-hybridized carbons (Fsp3) is 0.278. The summed E-state index contributed by atoms with van der Waals surface area (Å²) in [5, 5.41) is 11.6. The Hall–Kier alpha value is -2.89. The summed E-state index contributed by atoms with van der Waals surface area (Å²) in [7, 11) is 1.88. The molecular formula is C18H21N5O. The average molecular weight is 323 g/mol. The van der Waals surface area contributed by atoms with Crippen molar-refractivity contribution < 1.29 is 4.79 Å². The predicted octanol–water partition coefficient (Wildman–Crippen LogP) is 2.46. The number of carbonyl (C=O) groups excluding carboxylic acids is 1. The first-order valence-corrected chi connectivity index (χ1v) is 7.90. The zero-order valence-corrected chi connectivity index (χ0v) is 14.1. The van der Waals surface area contributed by atoms with Gasteiger partial charge in [0.15, 0.2) is 0 Å². The van der Waals surface area contributed by atoms with E-state index in [4.69, 9.17) is 0 Å². The molecule has 1 atom stereocenters. The van der Waals surface area contributed by atoms with Crippen molar-refractivity contribution in [3.05, 3.63) is 71.3 Å². The van der Waals surface area contributed by atoms with E-state index in [1.165, 1.54) is 0 Å². The van der Waals surface area contributed by atoms with Gasteiger partial charge in [-0.05, 0) is 37.6 Å². The Morgan fingerprint density at radius 1 is 1.33 bits per heavy atom. The SMILES string of the molecule is Cc1nn(C)cc1C(C)NC(=O)c1cccc(Cn2cccn2)c1. The molecule has 0 aliphatic heterocycles. The van der Waals surface area contributed by atoms with Gasteiger partial charge in [0.1, 0.15) is 0 Å². The van der Waals surface area contributed by atoms with Crippen LogP contribution >= 0.6 is 0 Å². The molecule has 0 saturated carbocycles. The van der Waals surface area contributed by atoms with Crippen LogP contribution in [0.5, 0.6) is 0 Å². The number of rotatable bonds is 5. The van der Waals surface area contributed by atoms with E-state index in [1.807, 2.05) is 68.3 Å². The molecule has 124 valence electrons. The van der Waals surface area contributed by atoms with Crippen LogP contribution in [0.2, 0.25) is 0 Å². The summed E-state index contributed by atoms with van der Waals surface area (Å²) in [6.07, 6.45) is 5.59. The number of hydrogen-bond acceptors (Lipinski definition) is 3. The molecule has 2 heterocycles. The maximum atomic E-state index is 12.5. The fourth-order valence-corrected chi connectivity index (χ4v) is 2.79. The number of benzene rings is 1. The van der Waals surface area contributed by atoms with Gasteiger partial charge in [0.05, 0.1) is 18.3 Å². The summed E-state index contributed by atoms with van der Waals surface area (Å²) >= 11 is 0. The van der Waals surface area contributed by atoms with Gasteiger partial charge in [0.2, 0.25) is 0 Å². The zero-order chi connectivity index (χ0) is 17.1. The van der Waals surface area contributed by atoms with Crippen LogP contribution in [0.4, 0.5) is 0 Å². The molecule has 2 aromatic heterocycles. The second-order valence-corrected chi connectivity index (χ2v) is 5.94. The monoisotopic (exact) mass is 323 g/mol. The van der Waals surface area contributed by atoms with Crippen molar-refractivity contribution in [3.8, 4) is 0 Å². The largest absolute Gasteiger partial charge is 0.345 e. The smallest absolute Gasteiger partial charge is 0.251 e. The lowest BCUT2D eigenvalue weighted by Gasteiger charge is -2.14. The van der Waals surface area contributed by atoms with Crippen molar-refractivity contribution in [2.45, 2.75) is 26.4 Å². The molecule has 0 aliphatic carbocycles. The maximum Gasteiger partial charge on any atom is 0.251 e. The van der Waals surface area contributed by atoms with Crippen molar-refractivity contribution in [1.82, 2.24) is 24.9 Å². The topological polar surface area (TPSA) is 64.7 Å². The minimum Gasteiger partial charge on any atom is -0.345 e. The molecule has 0 aliphatic rings. The van der Waals surface area contributed by atoms with Gasteiger partial charge in [-0.3, -0.25) is 14.2 Å². The molecule has 0 radical (unpaired) electrons. The number of carbonyl (C=O) groups is 1. The van der Waals surface area contributed by atoms with E-state index in [1.54, 1.807) is 10.9 Å². The predicted molar refractivity (Wildman–Crippen MR) is 91.6 cm³/mol. The Morgan fingerprint density at radius 3 is 2.83 bits per heavy atom. The molecule has 6 heteroatoms. The lowest BCUT2D eigenvalue weighted by Crippen LogP contribution is -2.27. The maximum absolute atomic E-state index is 12.5. The van der Waals surface area contributed by atoms with Crippen molar-refractivity contribution in [2.24, 2.45) is 7.05 Å². The van der Waals surface area contributed by atoms with Gasteiger partial charge < -0.3 is 5.32 Å². The zero-order valence-electron chi connectivity index (χ0n) is 14.1. The first-order valence-electron chi connectivity index (χ1n) is 7.90. The first-order chi connectivity index (χ1) is 11.5. The normalized spacial score (nSPS) is 12.1. The van der Waals surface area contributed by atoms with Crippen LogP contribution in [0.1, 0.15) is 40.1 Å². The number of aromatic nitrogens is 4. The van der Waals surface area contributed by atoms with E-state index in [0.29, 0.717) is 12.1 Å². The summed E-state index contributed by atoms with van der Waals surface area (Å²) in [6, 6.07) is 9.40. The third-order valence-corrected chi connectivity index (χ3v) is 3.96. The van der Waals surface area contributed by atoms with Crippen LogP contribution in [-0.4, -0.2) is 25.5 Å². The van der Waals surface area contributed by atoms with Gasteiger partial charge in [0.25, 0.3) is 5.91 Å². The Balaban J connectivity index is 1.71. The van der Waals surface area contributed by atoms with E-state index in [2.05, 4.69) is 15.5 Å². The molecule has 0 fully saturated rings. The lowest BCUT2D eigenvalue weighted by atomic mass is 10.1. The standard InChI is InChI=1S/C18H21N5O/c1-13(17-12-22(3)21-14(17)2)20-18(24)16-7-4-6-15(10-16)11-23-9-5-8-19-23/h4-10,12-13H,11H2,1-3H3,(H,20,24). The number of amides is 1. The number of nitrogens with zero attached hydrogens (tertiary/aromatic N) is 4. The van der Waals surface area contributed by atoms with Gasteiger partial charge in [-0.15, -0.1) is 0 Å². The Kier molecular flexibility index (Phi) is 4.46.